The number of carboxylic acids is 2. The Morgan fingerprint density at radius 2 is 1.78 bits per heavy atom. The third-order valence-electron chi connectivity index (χ3n) is 5.55. The van der Waals surface area contributed by atoms with Gasteiger partial charge in [-0.25, -0.2) is 0 Å². The van der Waals surface area contributed by atoms with E-state index in [1.807, 2.05) is 30.3 Å². The maximum Gasteiger partial charge on any atom is 0.552 e. The van der Waals surface area contributed by atoms with Crippen LogP contribution in [-0.2, 0) is 34.9 Å². The van der Waals surface area contributed by atoms with Gasteiger partial charge in [0, 0.05) is 0 Å². The van der Waals surface area contributed by atoms with Gasteiger partial charge in [-0.2, -0.15) is 0 Å². The van der Waals surface area contributed by atoms with E-state index in [0.717, 1.165) is 18.4 Å². The van der Waals surface area contributed by atoms with E-state index in [-0.39, 0.29) is 5.91 Å². The normalized spacial score (nSPS) is 19.2. The van der Waals surface area contributed by atoms with Crippen LogP contribution in [0.25, 0.3) is 0 Å². The molecule has 1 aliphatic carbocycles. The summed E-state index contributed by atoms with van der Waals surface area (Å²) < 4.78 is 10.9. The summed E-state index contributed by atoms with van der Waals surface area (Å²) in [5.41, 5.74) is -1.18. The van der Waals surface area contributed by atoms with Gasteiger partial charge in [0.2, 0.25) is 5.91 Å². The molecule has 2 fully saturated rings. The molecule has 0 spiro atoms. The highest BCUT2D eigenvalue weighted by molar-refractivity contribution is 7.13. The molecule has 0 radical (unpaired) electrons. The molecule has 1 saturated heterocycles. The molecule has 0 aromatic heterocycles. The number of nitrogens with one attached hydrogen (secondary N) is 2. The van der Waals surface area contributed by atoms with E-state index in [1.165, 1.54) is 0 Å². The van der Waals surface area contributed by atoms with Crippen molar-refractivity contribution in [1.82, 2.24) is 10.4 Å². The zero-order valence-corrected chi connectivity index (χ0v) is 18.5. The number of carboxylic acid groups (broad SMARTS) is 2. The van der Waals surface area contributed by atoms with Gasteiger partial charge in [0.15, 0.2) is 5.60 Å². The second kappa shape index (κ2) is 10.4. The lowest BCUT2D eigenvalue weighted by Crippen LogP contribution is -2.53. The molecule has 1 aromatic rings. The lowest BCUT2D eigenvalue weighted by Gasteiger charge is -2.25. The molecule has 3 atom stereocenters. The lowest BCUT2D eigenvalue weighted by atomic mass is 9.75. The topological polar surface area (TPSA) is 151 Å². The maximum atomic E-state index is 13.0. The molecule has 1 heterocycles. The zero-order valence-electron chi connectivity index (χ0n) is 17.4. The van der Waals surface area contributed by atoms with Gasteiger partial charge >= 0.3 is 25.0 Å². The molecule has 12 heteroatoms. The first-order chi connectivity index (χ1) is 15.2. The molecule has 1 saturated carbocycles. The third-order valence-corrected chi connectivity index (χ3v) is 5.95. The summed E-state index contributed by atoms with van der Waals surface area (Å²) in [5, 5.41) is 24.1. The van der Waals surface area contributed by atoms with Gasteiger partial charge in [-0.05, 0) is 24.3 Å². The van der Waals surface area contributed by atoms with Crippen molar-refractivity contribution in [3.63, 3.8) is 0 Å². The molecular formula is C20H26BN2O8P. The second-order valence-corrected chi connectivity index (χ2v) is 8.56. The summed E-state index contributed by atoms with van der Waals surface area (Å²) in [6.45, 7) is 0. The Bertz CT molecular complexity index is 850. The van der Waals surface area contributed by atoms with Crippen LogP contribution >= 0.6 is 9.39 Å². The zero-order chi connectivity index (χ0) is 23.3. The van der Waals surface area contributed by atoms with Crippen molar-refractivity contribution >= 4 is 40.3 Å². The summed E-state index contributed by atoms with van der Waals surface area (Å²) in [5.74, 6) is -4.59. The molecule has 3 rings (SSSR count). The smallest absolute Gasteiger partial charge is 0.506 e. The number of benzene rings is 1. The molecule has 10 nitrogen and oxygen atoms in total. The van der Waals surface area contributed by atoms with Crippen molar-refractivity contribution in [2.24, 2.45) is 5.92 Å². The van der Waals surface area contributed by atoms with Crippen LogP contribution in [0.2, 0.25) is 0 Å². The summed E-state index contributed by atoms with van der Waals surface area (Å²) in [4.78, 5) is 48.0. The summed E-state index contributed by atoms with van der Waals surface area (Å²) >= 11 is 0. The third kappa shape index (κ3) is 6.28. The van der Waals surface area contributed by atoms with Crippen LogP contribution < -0.4 is 10.4 Å². The number of amides is 1. The Hall–Kier alpha value is -2.49. The largest absolute Gasteiger partial charge is 0.552 e. The van der Waals surface area contributed by atoms with Gasteiger partial charge < -0.3 is 24.8 Å². The van der Waals surface area contributed by atoms with Crippen molar-refractivity contribution in [2.75, 3.05) is 0 Å². The Balaban J connectivity index is 1.74. The van der Waals surface area contributed by atoms with Crippen molar-refractivity contribution in [2.45, 2.75) is 56.1 Å². The SMILES string of the molecule is O=C(O)CC1(CC(=O)O)OB(C(CC2CC2)NC(=O)C(Cc2ccccc2)NP)OC1=O. The van der Waals surface area contributed by atoms with E-state index in [4.69, 9.17) is 9.31 Å². The number of aliphatic carboxylic acids is 2. The minimum Gasteiger partial charge on any atom is -0.506 e. The fourth-order valence-corrected chi connectivity index (χ4v) is 4.03. The molecule has 0 bridgehead atoms. The summed E-state index contributed by atoms with van der Waals surface area (Å²) in [6.07, 6.45) is 1.11. The first-order valence-corrected chi connectivity index (χ1v) is 10.9. The number of carbonyl (C=O) groups excluding carboxylic acids is 2. The summed E-state index contributed by atoms with van der Waals surface area (Å²) in [7, 11) is 1.05. The van der Waals surface area contributed by atoms with Gasteiger partial charge in [-0.3, -0.25) is 24.3 Å². The number of hydrogen-bond acceptors (Lipinski definition) is 7. The molecule has 4 N–H and O–H groups in total. The van der Waals surface area contributed by atoms with E-state index < -0.39 is 55.5 Å². The van der Waals surface area contributed by atoms with E-state index in [9.17, 15) is 29.4 Å². The Kier molecular flexibility index (Phi) is 7.87. The quantitative estimate of drug-likeness (QED) is 0.257. The van der Waals surface area contributed by atoms with Crippen LogP contribution in [0.4, 0.5) is 0 Å². The minimum absolute atomic E-state index is 0.313. The second-order valence-electron chi connectivity index (χ2n) is 8.23. The van der Waals surface area contributed by atoms with Gasteiger partial charge in [0.1, 0.15) is 0 Å². The molecule has 2 aliphatic rings. The standard InChI is InChI=1S/C20H26BN2O8P/c24-16(25)10-20(11-17(26)27)19(29)30-21(31-20)15(9-13-6-7-13)22-18(28)14(23-32)8-12-4-2-1-3-5-12/h1-5,13-15,23H,6-11,32H2,(H,22,28)(H,24,25)(H,26,27). The molecule has 1 amide bonds. The van der Waals surface area contributed by atoms with Crippen molar-refractivity contribution < 1.29 is 38.7 Å². The number of carbonyl (C=O) groups is 4. The first-order valence-electron chi connectivity index (χ1n) is 10.4. The minimum atomic E-state index is -2.13. The van der Waals surface area contributed by atoms with Gasteiger partial charge in [0.25, 0.3) is 0 Å². The highest BCUT2D eigenvalue weighted by atomic mass is 31.0. The Morgan fingerprint density at radius 1 is 1.16 bits per heavy atom. The van der Waals surface area contributed by atoms with Crippen LogP contribution in [0.1, 0.15) is 37.7 Å². The van der Waals surface area contributed by atoms with Crippen molar-refractivity contribution in [1.29, 1.82) is 0 Å². The molecule has 3 unspecified atom stereocenters. The Labute approximate surface area is 187 Å². The lowest BCUT2D eigenvalue weighted by molar-refractivity contribution is -0.157. The molecule has 172 valence electrons. The van der Waals surface area contributed by atoms with Crippen LogP contribution in [0, 0.1) is 5.92 Å². The first kappa shape index (κ1) is 24.2. The summed E-state index contributed by atoms with van der Waals surface area (Å²) in [6, 6.07) is 8.84. The average Bonchev–Trinajstić information content (AvgIpc) is 3.49. The average molecular weight is 464 g/mol. The molecule has 32 heavy (non-hydrogen) atoms. The van der Waals surface area contributed by atoms with E-state index in [2.05, 4.69) is 19.8 Å². The fraction of sp³-hybridized carbons (Fsp3) is 0.500. The highest BCUT2D eigenvalue weighted by Crippen LogP contribution is 2.37. The fourth-order valence-electron chi connectivity index (χ4n) is 3.76. The maximum absolute atomic E-state index is 13.0. The molecular weight excluding hydrogens is 438 g/mol. The van der Waals surface area contributed by atoms with E-state index in [0.29, 0.717) is 18.8 Å². The highest BCUT2D eigenvalue weighted by Gasteiger charge is 2.58. The van der Waals surface area contributed by atoms with Crippen LogP contribution in [0.15, 0.2) is 30.3 Å². The number of rotatable bonds is 12. The van der Waals surface area contributed by atoms with Crippen molar-refractivity contribution in [3.8, 4) is 0 Å². The number of hydrogen-bond donors (Lipinski definition) is 4. The van der Waals surface area contributed by atoms with Gasteiger partial charge in [-0.15, -0.1) is 0 Å². The monoisotopic (exact) mass is 464 g/mol. The van der Waals surface area contributed by atoms with E-state index >= 15 is 0 Å². The van der Waals surface area contributed by atoms with E-state index in [1.54, 1.807) is 0 Å². The molecule has 1 aromatic carbocycles. The van der Waals surface area contributed by atoms with Gasteiger partial charge in [-0.1, -0.05) is 52.6 Å². The molecule has 1 aliphatic heterocycles. The van der Waals surface area contributed by atoms with Crippen LogP contribution in [-0.4, -0.2) is 58.7 Å². The van der Waals surface area contributed by atoms with Gasteiger partial charge in [0.05, 0.1) is 24.8 Å². The van der Waals surface area contributed by atoms with Crippen LogP contribution in [0.5, 0.6) is 0 Å². The predicted molar refractivity (Wildman–Crippen MR) is 116 cm³/mol. The van der Waals surface area contributed by atoms with Crippen LogP contribution in [0.3, 0.4) is 0 Å². The van der Waals surface area contributed by atoms with Crippen molar-refractivity contribution in [3.05, 3.63) is 35.9 Å². The Morgan fingerprint density at radius 3 is 2.31 bits per heavy atom. The predicted octanol–water partition coefficient (Wildman–Crippen LogP) is 0.551.